The molecular weight excluding hydrogens is 172 g/mol. The molecule has 0 saturated carbocycles. The van der Waals surface area contributed by atoms with Crippen LogP contribution in [0.25, 0.3) is 0 Å². The van der Waals surface area contributed by atoms with E-state index in [1.807, 2.05) is 0 Å². The maximum Gasteiger partial charge on any atom is 0.177 e. The van der Waals surface area contributed by atoms with E-state index < -0.39 is 6.29 Å². The van der Waals surface area contributed by atoms with Gasteiger partial charge in [-0.2, -0.15) is 0 Å². The van der Waals surface area contributed by atoms with Crippen LogP contribution in [0.15, 0.2) is 6.20 Å². The maximum atomic E-state index is 5.85. The van der Waals surface area contributed by atoms with Crippen LogP contribution >= 0.6 is 0 Å². The molecule has 0 radical (unpaired) electrons. The highest BCUT2D eigenvalue weighted by Gasteiger charge is 2.21. The van der Waals surface area contributed by atoms with E-state index in [2.05, 4.69) is 10.3 Å². The summed E-state index contributed by atoms with van der Waals surface area (Å²) in [6, 6.07) is -0.380. The Morgan fingerprint density at radius 2 is 2.08 bits per heavy atom. The monoisotopic (exact) mass is 186 g/mol. The second kappa shape index (κ2) is 4.31. The first kappa shape index (κ1) is 10.1. The molecule has 74 valence electrons. The van der Waals surface area contributed by atoms with E-state index in [1.54, 1.807) is 17.9 Å². The van der Waals surface area contributed by atoms with E-state index in [0.717, 1.165) is 5.69 Å². The third-order valence-corrected chi connectivity index (χ3v) is 1.85. The Hall–Kier alpha value is -0.980. The van der Waals surface area contributed by atoms with Crippen LogP contribution in [-0.4, -0.2) is 35.5 Å². The van der Waals surface area contributed by atoms with Gasteiger partial charge in [0.15, 0.2) is 6.29 Å². The number of ether oxygens (including phenoxy) is 2. The quantitative estimate of drug-likeness (QED) is 0.637. The summed E-state index contributed by atoms with van der Waals surface area (Å²) in [4.78, 5) is 0. The highest BCUT2D eigenvalue weighted by molar-refractivity contribution is 5.01. The molecule has 13 heavy (non-hydrogen) atoms. The molecule has 0 fully saturated rings. The zero-order chi connectivity index (χ0) is 9.84. The normalized spacial score (nSPS) is 13.6. The fourth-order valence-electron chi connectivity index (χ4n) is 1.13. The molecule has 1 aromatic rings. The highest BCUT2D eigenvalue weighted by atomic mass is 16.7. The Labute approximate surface area is 76.6 Å². The molecule has 0 aromatic carbocycles. The first-order valence-corrected chi connectivity index (χ1v) is 3.86. The van der Waals surface area contributed by atoms with Crippen molar-refractivity contribution in [2.45, 2.75) is 12.3 Å². The number of hydrogen-bond acceptors (Lipinski definition) is 5. The van der Waals surface area contributed by atoms with Gasteiger partial charge in [-0.25, -0.2) is 0 Å². The summed E-state index contributed by atoms with van der Waals surface area (Å²) in [5, 5.41) is 7.48. The predicted molar refractivity (Wildman–Crippen MR) is 45.7 cm³/mol. The minimum Gasteiger partial charge on any atom is -0.354 e. The minimum atomic E-state index is -0.475. The fourth-order valence-corrected chi connectivity index (χ4v) is 1.13. The van der Waals surface area contributed by atoms with Crippen molar-refractivity contribution in [3.05, 3.63) is 11.9 Å². The van der Waals surface area contributed by atoms with Crippen LogP contribution in [0.1, 0.15) is 11.7 Å². The molecule has 6 heteroatoms. The van der Waals surface area contributed by atoms with E-state index in [0.29, 0.717) is 0 Å². The molecular formula is C7H14N4O2. The molecule has 1 aromatic heterocycles. The molecule has 0 aliphatic carbocycles. The molecule has 1 heterocycles. The van der Waals surface area contributed by atoms with E-state index in [9.17, 15) is 0 Å². The average Bonchev–Trinajstić information content (AvgIpc) is 2.53. The van der Waals surface area contributed by atoms with Crippen molar-refractivity contribution in [2.24, 2.45) is 12.8 Å². The van der Waals surface area contributed by atoms with Crippen molar-refractivity contribution < 1.29 is 9.47 Å². The van der Waals surface area contributed by atoms with Gasteiger partial charge < -0.3 is 15.2 Å². The van der Waals surface area contributed by atoms with Gasteiger partial charge in [-0.1, -0.05) is 5.21 Å². The van der Waals surface area contributed by atoms with Crippen LogP contribution in [0.4, 0.5) is 0 Å². The number of methoxy groups -OCH3 is 2. The van der Waals surface area contributed by atoms with E-state index in [-0.39, 0.29) is 6.04 Å². The molecule has 0 amide bonds. The molecule has 1 rings (SSSR count). The largest absolute Gasteiger partial charge is 0.354 e. The lowest BCUT2D eigenvalue weighted by atomic mass is 10.2. The van der Waals surface area contributed by atoms with Gasteiger partial charge in [0.25, 0.3) is 0 Å². The summed E-state index contributed by atoms with van der Waals surface area (Å²) in [6.45, 7) is 0. The molecule has 0 aliphatic heterocycles. The smallest absolute Gasteiger partial charge is 0.177 e. The second-order valence-electron chi connectivity index (χ2n) is 2.65. The van der Waals surface area contributed by atoms with Crippen LogP contribution in [0.5, 0.6) is 0 Å². The SMILES string of the molecule is COC(OC)C(N)c1cnnn1C. The summed E-state index contributed by atoms with van der Waals surface area (Å²) in [5.41, 5.74) is 6.63. The maximum absolute atomic E-state index is 5.85. The number of nitrogens with two attached hydrogens (primary N) is 1. The summed E-state index contributed by atoms with van der Waals surface area (Å²) >= 11 is 0. The number of rotatable bonds is 4. The van der Waals surface area contributed by atoms with Crippen molar-refractivity contribution in [2.75, 3.05) is 14.2 Å². The number of aromatic nitrogens is 3. The van der Waals surface area contributed by atoms with Crippen LogP contribution in [-0.2, 0) is 16.5 Å². The fraction of sp³-hybridized carbons (Fsp3) is 0.714. The van der Waals surface area contributed by atoms with Gasteiger partial charge in [-0.15, -0.1) is 5.10 Å². The number of nitrogens with zero attached hydrogens (tertiary/aromatic N) is 3. The van der Waals surface area contributed by atoms with Crippen molar-refractivity contribution in [3.8, 4) is 0 Å². The Bertz CT molecular complexity index is 259. The topological polar surface area (TPSA) is 75.2 Å². The predicted octanol–water partition coefficient (Wildman–Crippen LogP) is -0.566. The Morgan fingerprint density at radius 3 is 2.46 bits per heavy atom. The van der Waals surface area contributed by atoms with E-state index in [4.69, 9.17) is 15.2 Å². The van der Waals surface area contributed by atoms with E-state index in [1.165, 1.54) is 14.2 Å². The van der Waals surface area contributed by atoms with Gasteiger partial charge in [0.2, 0.25) is 0 Å². The number of hydrogen-bond donors (Lipinski definition) is 1. The van der Waals surface area contributed by atoms with Gasteiger partial charge in [0.1, 0.15) is 6.04 Å². The van der Waals surface area contributed by atoms with Gasteiger partial charge in [0.05, 0.1) is 11.9 Å². The van der Waals surface area contributed by atoms with Gasteiger partial charge >= 0.3 is 0 Å². The second-order valence-corrected chi connectivity index (χ2v) is 2.65. The van der Waals surface area contributed by atoms with Crippen molar-refractivity contribution in [1.29, 1.82) is 0 Å². The van der Waals surface area contributed by atoms with E-state index >= 15 is 0 Å². The van der Waals surface area contributed by atoms with Gasteiger partial charge in [0, 0.05) is 21.3 Å². The highest BCUT2D eigenvalue weighted by Crippen LogP contribution is 2.14. The Kier molecular flexibility index (Phi) is 3.35. The van der Waals surface area contributed by atoms with Gasteiger partial charge in [-0.3, -0.25) is 4.68 Å². The first-order chi connectivity index (χ1) is 6.20. The zero-order valence-electron chi connectivity index (χ0n) is 7.97. The molecule has 6 nitrogen and oxygen atoms in total. The van der Waals surface area contributed by atoms with Gasteiger partial charge in [-0.05, 0) is 0 Å². The summed E-state index contributed by atoms with van der Waals surface area (Å²) < 4.78 is 11.6. The summed E-state index contributed by atoms with van der Waals surface area (Å²) in [5.74, 6) is 0. The van der Waals surface area contributed by atoms with Crippen molar-refractivity contribution in [1.82, 2.24) is 15.0 Å². The molecule has 2 N–H and O–H groups in total. The average molecular weight is 186 g/mol. The standard InChI is InChI=1S/C7H14N4O2/c1-11-5(4-9-10-11)6(8)7(12-2)13-3/h4,6-7H,8H2,1-3H3. The van der Waals surface area contributed by atoms with Crippen LogP contribution in [0.3, 0.4) is 0 Å². The first-order valence-electron chi connectivity index (χ1n) is 3.86. The zero-order valence-corrected chi connectivity index (χ0v) is 7.97. The molecule has 1 atom stereocenters. The lowest BCUT2D eigenvalue weighted by Gasteiger charge is -2.20. The lowest BCUT2D eigenvalue weighted by molar-refractivity contribution is -0.118. The summed E-state index contributed by atoms with van der Waals surface area (Å²) in [6.07, 6.45) is 1.12. The third kappa shape index (κ3) is 2.03. The Morgan fingerprint density at radius 1 is 1.46 bits per heavy atom. The van der Waals surface area contributed by atoms with Crippen molar-refractivity contribution in [3.63, 3.8) is 0 Å². The van der Waals surface area contributed by atoms with Crippen LogP contribution in [0, 0.1) is 0 Å². The van der Waals surface area contributed by atoms with Crippen LogP contribution in [0.2, 0.25) is 0 Å². The lowest BCUT2D eigenvalue weighted by Crippen LogP contribution is -2.31. The third-order valence-electron chi connectivity index (χ3n) is 1.85. The molecule has 0 aliphatic rings. The summed E-state index contributed by atoms with van der Waals surface area (Å²) in [7, 11) is 4.85. The van der Waals surface area contributed by atoms with Crippen molar-refractivity contribution >= 4 is 0 Å². The molecule has 0 saturated heterocycles. The Balaban J connectivity index is 2.77. The molecule has 1 unspecified atom stereocenters. The number of aryl methyl sites for hydroxylation is 1. The minimum absolute atomic E-state index is 0.380. The van der Waals surface area contributed by atoms with Crippen LogP contribution < -0.4 is 5.73 Å². The molecule has 0 bridgehead atoms. The molecule has 0 spiro atoms.